The van der Waals surface area contributed by atoms with E-state index in [0.29, 0.717) is 22.7 Å². The first-order chi connectivity index (χ1) is 9.99. The van der Waals surface area contributed by atoms with E-state index in [2.05, 4.69) is 20.7 Å². The van der Waals surface area contributed by atoms with Crippen molar-refractivity contribution in [1.29, 1.82) is 0 Å². The van der Waals surface area contributed by atoms with Gasteiger partial charge in [0.1, 0.15) is 5.75 Å². The van der Waals surface area contributed by atoms with Gasteiger partial charge in [0.2, 0.25) is 10.0 Å². The highest BCUT2D eigenvalue weighted by molar-refractivity contribution is 9.10. The number of fused-ring (bicyclic) bond motifs is 2. The van der Waals surface area contributed by atoms with Crippen LogP contribution in [0.25, 0.3) is 0 Å². The number of rotatable bonds is 5. The Kier molecular flexibility index (Phi) is 4.30. The number of hydrogen-bond acceptors (Lipinski definition) is 3. The molecule has 3 rings (SSSR count). The summed E-state index contributed by atoms with van der Waals surface area (Å²) in [6, 6.07) is 4.82. The molecule has 0 amide bonds. The Labute approximate surface area is 134 Å². The fourth-order valence-electron chi connectivity index (χ4n) is 3.74. The molecule has 3 unspecified atom stereocenters. The van der Waals surface area contributed by atoms with E-state index < -0.39 is 10.0 Å². The molecule has 2 bridgehead atoms. The van der Waals surface area contributed by atoms with Crippen LogP contribution in [0, 0.1) is 17.8 Å². The van der Waals surface area contributed by atoms with Crippen LogP contribution in [-0.2, 0) is 10.0 Å². The van der Waals surface area contributed by atoms with Crippen LogP contribution in [0.2, 0.25) is 0 Å². The Hall–Kier alpha value is -0.590. The predicted octanol–water partition coefficient (Wildman–Crippen LogP) is 3.17. The van der Waals surface area contributed by atoms with E-state index >= 15 is 0 Å². The van der Waals surface area contributed by atoms with E-state index in [9.17, 15) is 8.42 Å². The number of nitrogens with one attached hydrogen (secondary N) is 1. The lowest BCUT2D eigenvalue weighted by Crippen LogP contribution is -2.31. The molecular weight excluding hydrogens is 354 g/mol. The Bertz CT molecular complexity index is 632. The summed E-state index contributed by atoms with van der Waals surface area (Å²) >= 11 is 3.33. The molecule has 1 aromatic carbocycles. The van der Waals surface area contributed by atoms with Gasteiger partial charge in [-0.3, -0.25) is 0 Å². The summed E-state index contributed by atoms with van der Waals surface area (Å²) in [5, 5.41) is 0. The second-order valence-electron chi connectivity index (χ2n) is 6.08. The fraction of sp³-hybridized carbons (Fsp3) is 0.600. The largest absolute Gasteiger partial charge is 0.496 e. The van der Waals surface area contributed by atoms with E-state index in [1.54, 1.807) is 25.3 Å². The van der Waals surface area contributed by atoms with Gasteiger partial charge in [-0.1, -0.05) is 6.42 Å². The lowest BCUT2D eigenvalue weighted by Gasteiger charge is -2.21. The first-order valence-electron chi connectivity index (χ1n) is 7.33. The molecule has 4 nitrogen and oxygen atoms in total. The van der Waals surface area contributed by atoms with E-state index in [4.69, 9.17) is 4.74 Å². The molecule has 3 atom stereocenters. The molecule has 0 saturated heterocycles. The number of ether oxygens (including phenoxy) is 1. The first-order valence-corrected chi connectivity index (χ1v) is 9.60. The second kappa shape index (κ2) is 5.89. The SMILES string of the molecule is COc1ccc(S(=O)(=O)NCC2CC3CCC2C3)cc1Br. The first kappa shape index (κ1) is 15.3. The average molecular weight is 374 g/mol. The molecule has 2 aliphatic rings. The molecule has 1 N–H and O–H groups in total. The van der Waals surface area contributed by atoms with Crippen LogP contribution in [0.4, 0.5) is 0 Å². The topological polar surface area (TPSA) is 55.4 Å². The monoisotopic (exact) mass is 373 g/mol. The summed E-state index contributed by atoms with van der Waals surface area (Å²) in [5.41, 5.74) is 0. The molecule has 0 aromatic heterocycles. The highest BCUT2D eigenvalue weighted by Crippen LogP contribution is 2.48. The molecule has 2 aliphatic carbocycles. The molecule has 6 heteroatoms. The van der Waals surface area contributed by atoms with Crippen molar-refractivity contribution < 1.29 is 13.2 Å². The Morgan fingerprint density at radius 1 is 1.33 bits per heavy atom. The quantitative estimate of drug-likeness (QED) is 0.861. The van der Waals surface area contributed by atoms with Crippen molar-refractivity contribution >= 4 is 26.0 Å². The highest BCUT2D eigenvalue weighted by Gasteiger charge is 2.39. The van der Waals surface area contributed by atoms with Crippen molar-refractivity contribution in [2.75, 3.05) is 13.7 Å². The normalized spacial score (nSPS) is 28.0. The number of methoxy groups -OCH3 is 1. The maximum absolute atomic E-state index is 12.4. The molecule has 1 aromatic rings. The van der Waals surface area contributed by atoms with Gasteiger partial charge in [-0.15, -0.1) is 0 Å². The molecule has 2 fully saturated rings. The maximum atomic E-state index is 12.4. The van der Waals surface area contributed by atoms with Crippen molar-refractivity contribution in [2.45, 2.75) is 30.6 Å². The zero-order chi connectivity index (χ0) is 15.0. The zero-order valence-corrected chi connectivity index (χ0v) is 14.4. The Balaban J connectivity index is 1.67. The van der Waals surface area contributed by atoms with Gasteiger partial charge in [-0.25, -0.2) is 13.1 Å². The van der Waals surface area contributed by atoms with Gasteiger partial charge in [-0.2, -0.15) is 0 Å². The number of benzene rings is 1. The third-order valence-electron chi connectivity index (χ3n) is 4.85. The van der Waals surface area contributed by atoms with Crippen molar-refractivity contribution in [3.8, 4) is 5.75 Å². The van der Waals surface area contributed by atoms with Crippen molar-refractivity contribution in [3.05, 3.63) is 22.7 Å². The van der Waals surface area contributed by atoms with E-state index in [1.807, 2.05) is 0 Å². The summed E-state index contributed by atoms with van der Waals surface area (Å²) in [6.45, 7) is 0.563. The van der Waals surface area contributed by atoms with Crippen molar-refractivity contribution in [3.63, 3.8) is 0 Å². The third kappa shape index (κ3) is 3.12. The van der Waals surface area contributed by atoms with Crippen LogP contribution < -0.4 is 9.46 Å². The minimum absolute atomic E-state index is 0.276. The van der Waals surface area contributed by atoms with E-state index in [1.165, 1.54) is 25.7 Å². The minimum Gasteiger partial charge on any atom is -0.496 e. The van der Waals surface area contributed by atoms with Crippen LogP contribution in [0.3, 0.4) is 0 Å². The third-order valence-corrected chi connectivity index (χ3v) is 6.89. The second-order valence-corrected chi connectivity index (χ2v) is 8.70. The van der Waals surface area contributed by atoms with Crippen LogP contribution in [0.5, 0.6) is 5.75 Å². The van der Waals surface area contributed by atoms with E-state index in [-0.39, 0.29) is 4.90 Å². The van der Waals surface area contributed by atoms with Gasteiger partial charge in [0.05, 0.1) is 16.5 Å². The molecule has 0 aliphatic heterocycles. The van der Waals surface area contributed by atoms with Gasteiger partial charge in [0.25, 0.3) is 0 Å². The summed E-state index contributed by atoms with van der Waals surface area (Å²) in [5.74, 6) is 2.70. The maximum Gasteiger partial charge on any atom is 0.240 e. The summed E-state index contributed by atoms with van der Waals surface area (Å²) in [7, 11) is -1.89. The molecular formula is C15H20BrNO3S. The van der Waals surface area contributed by atoms with E-state index in [0.717, 1.165) is 11.8 Å². The van der Waals surface area contributed by atoms with Gasteiger partial charge in [-0.05, 0) is 71.1 Å². The molecule has 0 heterocycles. The minimum atomic E-state index is -3.45. The molecule has 116 valence electrons. The lowest BCUT2D eigenvalue weighted by molar-refractivity contribution is 0.333. The Morgan fingerprint density at radius 3 is 2.71 bits per heavy atom. The van der Waals surface area contributed by atoms with Gasteiger partial charge in [0.15, 0.2) is 0 Å². The molecule has 2 saturated carbocycles. The standard InChI is InChI=1S/C15H20BrNO3S/c1-20-15-5-4-13(8-14(15)16)21(18,19)17-9-12-7-10-2-3-11(12)6-10/h4-5,8,10-12,17H,2-3,6-7,9H2,1H3. The summed E-state index contributed by atoms with van der Waals surface area (Å²) in [4.78, 5) is 0.276. The molecule has 0 spiro atoms. The van der Waals surface area contributed by atoms with Crippen molar-refractivity contribution in [2.24, 2.45) is 17.8 Å². The number of halogens is 1. The average Bonchev–Trinajstić information content (AvgIpc) is 3.07. The smallest absolute Gasteiger partial charge is 0.240 e. The Morgan fingerprint density at radius 2 is 2.14 bits per heavy atom. The van der Waals surface area contributed by atoms with Crippen LogP contribution >= 0.6 is 15.9 Å². The van der Waals surface area contributed by atoms with Crippen LogP contribution in [0.1, 0.15) is 25.7 Å². The molecule has 21 heavy (non-hydrogen) atoms. The van der Waals surface area contributed by atoms with Crippen LogP contribution in [0.15, 0.2) is 27.6 Å². The number of sulfonamides is 1. The van der Waals surface area contributed by atoms with Gasteiger partial charge in [0, 0.05) is 6.54 Å². The molecule has 0 radical (unpaired) electrons. The fourth-order valence-corrected chi connectivity index (χ4v) is 5.55. The predicted molar refractivity (Wildman–Crippen MR) is 84.8 cm³/mol. The highest BCUT2D eigenvalue weighted by atomic mass is 79.9. The summed E-state index contributed by atoms with van der Waals surface area (Å²) < 4.78 is 33.3. The summed E-state index contributed by atoms with van der Waals surface area (Å²) in [6.07, 6.45) is 5.07. The van der Waals surface area contributed by atoms with Gasteiger partial charge >= 0.3 is 0 Å². The zero-order valence-electron chi connectivity index (χ0n) is 12.0. The number of hydrogen-bond donors (Lipinski definition) is 1. The van der Waals surface area contributed by atoms with Crippen LogP contribution in [-0.4, -0.2) is 22.1 Å². The van der Waals surface area contributed by atoms with Crippen molar-refractivity contribution in [1.82, 2.24) is 4.72 Å². The lowest BCUT2D eigenvalue weighted by atomic mass is 9.89. The van der Waals surface area contributed by atoms with Gasteiger partial charge < -0.3 is 4.74 Å².